The van der Waals surface area contributed by atoms with Crippen LogP contribution in [0.25, 0.3) is 11.0 Å². The van der Waals surface area contributed by atoms with E-state index in [1.165, 1.54) is 4.90 Å². The first-order valence-electron chi connectivity index (χ1n) is 8.10. The molecule has 0 radical (unpaired) electrons. The minimum atomic E-state index is -1.76. The lowest BCUT2D eigenvalue weighted by Gasteiger charge is -2.35. The number of aromatic nitrogens is 2. The maximum Gasteiger partial charge on any atom is 0.335 e. The first-order valence-corrected chi connectivity index (χ1v) is 8.10. The molecular weight excluding hydrogens is 326 g/mol. The number of carboxylic acids is 1. The first-order chi connectivity index (χ1) is 11.9. The Bertz CT molecular complexity index is 868. The van der Waals surface area contributed by atoms with E-state index in [-0.39, 0.29) is 50.2 Å². The number of para-hydroxylation sites is 2. The predicted octanol–water partition coefficient (Wildman–Crippen LogP) is 0.294. The van der Waals surface area contributed by atoms with Crippen molar-refractivity contribution in [2.75, 3.05) is 13.1 Å². The van der Waals surface area contributed by atoms with Crippen molar-refractivity contribution in [2.24, 2.45) is 0 Å². The van der Waals surface area contributed by atoms with Crippen molar-refractivity contribution in [3.05, 3.63) is 40.3 Å². The van der Waals surface area contributed by atoms with E-state index in [1.54, 1.807) is 18.2 Å². The van der Waals surface area contributed by atoms with E-state index in [9.17, 15) is 19.5 Å². The van der Waals surface area contributed by atoms with E-state index < -0.39 is 11.6 Å². The van der Waals surface area contributed by atoms with Crippen LogP contribution in [-0.4, -0.2) is 55.6 Å². The number of amides is 1. The van der Waals surface area contributed by atoms with Gasteiger partial charge in [0.2, 0.25) is 5.91 Å². The topological polar surface area (TPSA) is 124 Å². The SMILES string of the molecule is O=C(CCc1nc2ccccc2[nH]c1=O)N1CCC(O)(C(=O)O)CC1. The highest BCUT2D eigenvalue weighted by molar-refractivity contribution is 5.79. The predicted molar refractivity (Wildman–Crippen MR) is 89.1 cm³/mol. The van der Waals surface area contributed by atoms with Crippen LogP contribution in [0.1, 0.15) is 25.0 Å². The Morgan fingerprint density at radius 1 is 1.24 bits per heavy atom. The molecule has 0 atom stereocenters. The van der Waals surface area contributed by atoms with Gasteiger partial charge in [-0.15, -0.1) is 0 Å². The van der Waals surface area contributed by atoms with Crippen LogP contribution in [0.5, 0.6) is 0 Å². The van der Waals surface area contributed by atoms with Crippen molar-refractivity contribution in [1.82, 2.24) is 14.9 Å². The Morgan fingerprint density at radius 3 is 2.60 bits per heavy atom. The van der Waals surface area contributed by atoms with Gasteiger partial charge in [0.1, 0.15) is 5.69 Å². The summed E-state index contributed by atoms with van der Waals surface area (Å²) < 4.78 is 0. The normalized spacial score (nSPS) is 16.8. The number of piperidine rings is 1. The van der Waals surface area contributed by atoms with Gasteiger partial charge in [-0.3, -0.25) is 9.59 Å². The molecule has 1 aromatic carbocycles. The third kappa shape index (κ3) is 3.53. The molecule has 1 amide bonds. The van der Waals surface area contributed by atoms with Crippen LogP contribution in [0, 0.1) is 0 Å². The molecule has 8 nitrogen and oxygen atoms in total. The number of hydrogen-bond acceptors (Lipinski definition) is 5. The third-order valence-corrected chi connectivity index (χ3v) is 4.59. The molecule has 0 spiro atoms. The van der Waals surface area contributed by atoms with Crippen molar-refractivity contribution in [3.8, 4) is 0 Å². The number of aliphatic hydroxyl groups is 1. The van der Waals surface area contributed by atoms with Crippen LogP contribution in [0.15, 0.2) is 29.1 Å². The molecule has 25 heavy (non-hydrogen) atoms. The van der Waals surface area contributed by atoms with Gasteiger partial charge in [-0.1, -0.05) is 12.1 Å². The number of H-pyrrole nitrogens is 1. The van der Waals surface area contributed by atoms with Gasteiger partial charge in [0.25, 0.3) is 5.56 Å². The van der Waals surface area contributed by atoms with Gasteiger partial charge in [-0.25, -0.2) is 9.78 Å². The molecule has 0 unspecified atom stereocenters. The molecule has 0 aliphatic carbocycles. The summed E-state index contributed by atoms with van der Waals surface area (Å²) in [6.07, 6.45) is 0.324. The van der Waals surface area contributed by atoms with E-state index in [2.05, 4.69) is 9.97 Å². The number of carboxylic acid groups (broad SMARTS) is 1. The Hall–Kier alpha value is -2.74. The van der Waals surface area contributed by atoms with Gasteiger partial charge in [0.15, 0.2) is 5.60 Å². The number of carbonyl (C=O) groups is 2. The number of benzene rings is 1. The number of aromatic amines is 1. The quantitative estimate of drug-likeness (QED) is 0.732. The number of aliphatic carboxylic acids is 1. The number of likely N-dealkylation sites (tertiary alicyclic amines) is 1. The monoisotopic (exact) mass is 345 g/mol. The molecule has 8 heteroatoms. The lowest BCUT2D eigenvalue weighted by Crippen LogP contribution is -2.50. The van der Waals surface area contributed by atoms with Crippen molar-refractivity contribution in [2.45, 2.75) is 31.3 Å². The second-order valence-corrected chi connectivity index (χ2v) is 6.25. The second kappa shape index (κ2) is 6.64. The number of nitrogens with zero attached hydrogens (tertiary/aromatic N) is 2. The van der Waals surface area contributed by atoms with E-state index in [4.69, 9.17) is 5.11 Å². The number of aryl methyl sites for hydroxylation is 1. The van der Waals surface area contributed by atoms with Crippen LogP contribution in [0.4, 0.5) is 0 Å². The van der Waals surface area contributed by atoms with Crippen LogP contribution in [-0.2, 0) is 16.0 Å². The van der Waals surface area contributed by atoms with Gasteiger partial charge in [-0.2, -0.15) is 0 Å². The molecule has 2 heterocycles. The second-order valence-electron chi connectivity index (χ2n) is 6.25. The summed E-state index contributed by atoms with van der Waals surface area (Å²) >= 11 is 0. The van der Waals surface area contributed by atoms with Crippen LogP contribution in [0.2, 0.25) is 0 Å². The molecule has 1 fully saturated rings. The van der Waals surface area contributed by atoms with E-state index >= 15 is 0 Å². The molecule has 1 aliphatic rings. The molecule has 3 rings (SSSR count). The fourth-order valence-electron chi connectivity index (χ4n) is 2.96. The van der Waals surface area contributed by atoms with Crippen molar-refractivity contribution < 1.29 is 19.8 Å². The summed E-state index contributed by atoms with van der Waals surface area (Å²) in [7, 11) is 0. The van der Waals surface area contributed by atoms with Gasteiger partial charge >= 0.3 is 5.97 Å². The standard InChI is InChI=1S/C17H19N3O5/c21-14(20-9-7-17(25,8-10-20)16(23)24)6-5-13-15(22)19-12-4-2-1-3-11(12)18-13/h1-4,25H,5-10H2,(H,19,22)(H,23,24). The molecule has 3 N–H and O–H groups in total. The molecule has 2 aromatic rings. The summed E-state index contributed by atoms with van der Waals surface area (Å²) in [5.74, 6) is -1.44. The average molecular weight is 345 g/mol. The lowest BCUT2D eigenvalue weighted by molar-refractivity contribution is -0.165. The number of nitrogens with one attached hydrogen (secondary N) is 1. The minimum Gasteiger partial charge on any atom is -0.479 e. The molecule has 1 aliphatic heterocycles. The molecule has 132 valence electrons. The lowest BCUT2D eigenvalue weighted by atomic mass is 9.91. The Labute approximate surface area is 143 Å². The highest BCUT2D eigenvalue weighted by Crippen LogP contribution is 2.23. The van der Waals surface area contributed by atoms with Gasteiger partial charge < -0.3 is 20.1 Å². The third-order valence-electron chi connectivity index (χ3n) is 4.59. The Morgan fingerprint density at radius 2 is 1.92 bits per heavy atom. The van der Waals surface area contributed by atoms with Crippen LogP contribution >= 0.6 is 0 Å². The fraction of sp³-hybridized carbons (Fsp3) is 0.412. The van der Waals surface area contributed by atoms with Gasteiger partial charge in [0.05, 0.1) is 11.0 Å². The van der Waals surface area contributed by atoms with E-state index in [0.717, 1.165) is 0 Å². The smallest absolute Gasteiger partial charge is 0.335 e. The minimum absolute atomic E-state index is 0.00286. The number of rotatable bonds is 4. The maximum absolute atomic E-state index is 12.3. The fourth-order valence-corrected chi connectivity index (χ4v) is 2.96. The average Bonchev–Trinajstić information content (AvgIpc) is 2.60. The first kappa shape index (κ1) is 17.1. The summed E-state index contributed by atoms with van der Waals surface area (Å²) in [5, 5.41) is 18.9. The number of hydrogen-bond donors (Lipinski definition) is 3. The van der Waals surface area contributed by atoms with Crippen molar-refractivity contribution in [1.29, 1.82) is 0 Å². The largest absolute Gasteiger partial charge is 0.479 e. The summed E-state index contributed by atoms with van der Waals surface area (Å²) in [5.41, 5.74) is -0.467. The zero-order chi connectivity index (χ0) is 18.0. The highest BCUT2D eigenvalue weighted by Gasteiger charge is 2.40. The summed E-state index contributed by atoms with van der Waals surface area (Å²) in [6.45, 7) is 0.367. The zero-order valence-electron chi connectivity index (χ0n) is 13.6. The molecular formula is C17H19N3O5. The van der Waals surface area contributed by atoms with E-state index in [0.29, 0.717) is 16.7 Å². The molecule has 1 saturated heterocycles. The van der Waals surface area contributed by atoms with Gasteiger partial charge in [-0.05, 0) is 12.1 Å². The highest BCUT2D eigenvalue weighted by atomic mass is 16.4. The Kier molecular flexibility index (Phi) is 4.54. The van der Waals surface area contributed by atoms with Crippen molar-refractivity contribution in [3.63, 3.8) is 0 Å². The Balaban J connectivity index is 1.62. The maximum atomic E-state index is 12.3. The zero-order valence-corrected chi connectivity index (χ0v) is 13.6. The molecule has 0 saturated carbocycles. The van der Waals surface area contributed by atoms with E-state index in [1.807, 2.05) is 6.07 Å². The molecule has 1 aromatic heterocycles. The van der Waals surface area contributed by atoms with Crippen LogP contribution < -0.4 is 5.56 Å². The van der Waals surface area contributed by atoms with Crippen molar-refractivity contribution >= 4 is 22.9 Å². The summed E-state index contributed by atoms with van der Waals surface area (Å²) in [4.78, 5) is 43.9. The molecule has 0 bridgehead atoms. The number of carbonyl (C=O) groups excluding carboxylic acids is 1. The summed E-state index contributed by atoms with van der Waals surface area (Å²) in [6, 6.07) is 7.17. The number of fused-ring (bicyclic) bond motifs is 1. The van der Waals surface area contributed by atoms with Gasteiger partial charge in [0, 0.05) is 38.8 Å². The van der Waals surface area contributed by atoms with Crippen LogP contribution in [0.3, 0.4) is 0 Å².